The number of hydrogen-bond donors (Lipinski definition) is 0. The molecule has 0 radical (unpaired) electrons. The lowest BCUT2D eigenvalue weighted by Gasteiger charge is -2.13. The minimum atomic E-state index is -0.0676. The first-order valence-electron chi connectivity index (χ1n) is 6.51. The quantitative estimate of drug-likeness (QED) is 0.772. The van der Waals surface area contributed by atoms with E-state index in [2.05, 4.69) is 15.9 Å². The smallest absolute Gasteiger partial charge is 0.196 e. The van der Waals surface area contributed by atoms with Crippen molar-refractivity contribution in [1.29, 1.82) is 0 Å². The largest absolute Gasteiger partial charge is 0.495 e. The average molecular weight is 349 g/mol. The van der Waals surface area contributed by atoms with Crippen LogP contribution in [0, 0.1) is 13.8 Å². The van der Waals surface area contributed by atoms with E-state index in [9.17, 15) is 4.79 Å². The molecule has 0 atom stereocenters. The predicted molar refractivity (Wildman–Crippen MR) is 86.6 cm³/mol. The van der Waals surface area contributed by atoms with E-state index in [1.807, 2.05) is 32.0 Å². The van der Waals surface area contributed by atoms with E-state index in [0.29, 0.717) is 27.1 Å². The molecule has 110 valence electrons. The lowest BCUT2D eigenvalue weighted by Crippen LogP contribution is -2.06. The Kier molecular flexibility index (Phi) is 4.68. The molecular formula is C17H17BrO3. The van der Waals surface area contributed by atoms with Gasteiger partial charge in [-0.2, -0.15) is 0 Å². The van der Waals surface area contributed by atoms with Crippen molar-refractivity contribution in [2.75, 3.05) is 14.2 Å². The van der Waals surface area contributed by atoms with Gasteiger partial charge < -0.3 is 9.47 Å². The molecule has 2 aromatic rings. The number of rotatable bonds is 4. The number of halogens is 1. The molecule has 2 aromatic carbocycles. The molecule has 21 heavy (non-hydrogen) atoms. The minimum Gasteiger partial charge on any atom is -0.495 e. The number of benzene rings is 2. The first-order chi connectivity index (χ1) is 9.97. The third-order valence-corrected chi connectivity index (χ3v) is 3.97. The molecule has 0 aromatic heterocycles. The van der Waals surface area contributed by atoms with Crippen LogP contribution < -0.4 is 9.47 Å². The highest BCUT2D eigenvalue weighted by Crippen LogP contribution is 2.38. The van der Waals surface area contributed by atoms with Gasteiger partial charge in [0.25, 0.3) is 0 Å². The zero-order valence-electron chi connectivity index (χ0n) is 12.5. The molecule has 0 heterocycles. The molecule has 0 aliphatic heterocycles. The fourth-order valence-corrected chi connectivity index (χ4v) is 3.00. The molecule has 4 heteroatoms. The third kappa shape index (κ3) is 3.10. The Labute approximate surface area is 133 Å². The van der Waals surface area contributed by atoms with Gasteiger partial charge in [0.05, 0.1) is 19.8 Å². The number of methoxy groups -OCH3 is 2. The number of ether oxygens (including phenoxy) is 2. The second-order valence-electron chi connectivity index (χ2n) is 4.87. The molecule has 0 saturated carbocycles. The van der Waals surface area contributed by atoms with E-state index in [4.69, 9.17) is 9.47 Å². The maximum Gasteiger partial charge on any atom is 0.196 e. The third-order valence-electron chi connectivity index (χ3n) is 3.21. The van der Waals surface area contributed by atoms with Crippen LogP contribution in [0.1, 0.15) is 27.0 Å². The predicted octanol–water partition coefficient (Wildman–Crippen LogP) is 4.31. The van der Waals surface area contributed by atoms with Crippen LogP contribution >= 0.6 is 15.9 Å². The van der Waals surface area contributed by atoms with Gasteiger partial charge in [0.15, 0.2) is 5.78 Å². The highest BCUT2D eigenvalue weighted by atomic mass is 79.9. The summed E-state index contributed by atoms with van der Waals surface area (Å²) < 4.78 is 11.2. The van der Waals surface area contributed by atoms with Gasteiger partial charge in [-0.25, -0.2) is 0 Å². The van der Waals surface area contributed by atoms with Crippen LogP contribution in [0.15, 0.2) is 34.8 Å². The van der Waals surface area contributed by atoms with E-state index >= 15 is 0 Å². The Hall–Kier alpha value is -1.81. The van der Waals surface area contributed by atoms with Crippen LogP contribution in [0.4, 0.5) is 0 Å². The molecule has 2 rings (SSSR count). The molecule has 0 N–H and O–H groups in total. The Morgan fingerprint density at radius 3 is 2.14 bits per heavy atom. The van der Waals surface area contributed by atoms with Crippen LogP contribution in [0.5, 0.6) is 11.5 Å². The van der Waals surface area contributed by atoms with Crippen molar-refractivity contribution in [3.8, 4) is 11.5 Å². The number of carbonyl (C=O) groups excluding carboxylic acids is 1. The fraction of sp³-hybridized carbons (Fsp3) is 0.235. The van der Waals surface area contributed by atoms with Gasteiger partial charge in [0.2, 0.25) is 0 Å². The van der Waals surface area contributed by atoms with Crippen molar-refractivity contribution in [3.63, 3.8) is 0 Å². The minimum absolute atomic E-state index is 0.0676. The Morgan fingerprint density at radius 2 is 1.62 bits per heavy atom. The molecule has 0 fully saturated rings. The fourth-order valence-electron chi connectivity index (χ4n) is 2.34. The second-order valence-corrected chi connectivity index (χ2v) is 5.66. The normalized spacial score (nSPS) is 10.3. The topological polar surface area (TPSA) is 35.5 Å². The molecule has 0 bridgehead atoms. The maximum absolute atomic E-state index is 12.7. The summed E-state index contributed by atoms with van der Waals surface area (Å²) in [6, 6.07) is 9.28. The van der Waals surface area contributed by atoms with Crippen molar-refractivity contribution in [2.24, 2.45) is 0 Å². The molecule has 3 nitrogen and oxygen atoms in total. The summed E-state index contributed by atoms with van der Waals surface area (Å²) in [6.07, 6.45) is 0. The summed E-state index contributed by atoms with van der Waals surface area (Å²) in [5, 5.41) is 0. The molecule has 0 spiro atoms. The number of hydrogen-bond acceptors (Lipinski definition) is 3. The SMILES string of the molecule is COc1ccc(C(=O)c2cc(C)cc(C)c2)c(OC)c1Br. The van der Waals surface area contributed by atoms with Crippen molar-refractivity contribution < 1.29 is 14.3 Å². The molecule has 0 amide bonds. The van der Waals surface area contributed by atoms with Gasteiger partial charge in [0, 0.05) is 5.56 Å². The van der Waals surface area contributed by atoms with Gasteiger partial charge in [0.1, 0.15) is 16.0 Å². The Bertz CT molecular complexity index is 672. The zero-order chi connectivity index (χ0) is 15.6. The highest BCUT2D eigenvalue weighted by molar-refractivity contribution is 9.10. The average Bonchev–Trinajstić information content (AvgIpc) is 2.45. The van der Waals surface area contributed by atoms with Gasteiger partial charge in [-0.15, -0.1) is 0 Å². The summed E-state index contributed by atoms with van der Waals surface area (Å²) in [5.74, 6) is 1.05. The van der Waals surface area contributed by atoms with Crippen molar-refractivity contribution in [2.45, 2.75) is 13.8 Å². The lowest BCUT2D eigenvalue weighted by molar-refractivity contribution is 0.103. The first-order valence-corrected chi connectivity index (χ1v) is 7.30. The summed E-state index contributed by atoms with van der Waals surface area (Å²) in [6.45, 7) is 3.95. The van der Waals surface area contributed by atoms with Crippen molar-refractivity contribution >= 4 is 21.7 Å². The lowest BCUT2D eigenvalue weighted by atomic mass is 9.98. The van der Waals surface area contributed by atoms with Crippen molar-refractivity contribution in [1.82, 2.24) is 0 Å². The number of carbonyl (C=O) groups is 1. The first kappa shape index (κ1) is 15.6. The van der Waals surface area contributed by atoms with E-state index in [-0.39, 0.29) is 5.78 Å². The Morgan fingerprint density at radius 1 is 1.00 bits per heavy atom. The highest BCUT2D eigenvalue weighted by Gasteiger charge is 2.19. The van der Waals surface area contributed by atoms with Crippen LogP contribution in [0.25, 0.3) is 0 Å². The van der Waals surface area contributed by atoms with Gasteiger partial charge >= 0.3 is 0 Å². The Balaban J connectivity index is 2.55. The van der Waals surface area contributed by atoms with Crippen LogP contribution in [0.3, 0.4) is 0 Å². The van der Waals surface area contributed by atoms with Crippen LogP contribution in [-0.2, 0) is 0 Å². The van der Waals surface area contributed by atoms with E-state index in [0.717, 1.165) is 11.1 Å². The van der Waals surface area contributed by atoms with Crippen LogP contribution in [-0.4, -0.2) is 20.0 Å². The maximum atomic E-state index is 12.7. The van der Waals surface area contributed by atoms with Gasteiger partial charge in [-0.05, 0) is 54.0 Å². The summed E-state index contributed by atoms with van der Waals surface area (Å²) in [7, 11) is 3.11. The summed E-state index contributed by atoms with van der Waals surface area (Å²) in [5.41, 5.74) is 3.29. The second kappa shape index (κ2) is 6.31. The molecule has 0 aliphatic rings. The van der Waals surface area contributed by atoms with Crippen molar-refractivity contribution in [3.05, 3.63) is 57.1 Å². The van der Waals surface area contributed by atoms with Gasteiger partial charge in [-0.1, -0.05) is 17.2 Å². The summed E-state index contributed by atoms with van der Waals surface area (Å²) in [4.78, 5) is 12.7. The molecule has 0 unspecified atom stereocenters. The molecular weight excluding hydrogens is 332 g/mol. The standard InChI is InChI=1S/C17H17BrO3/c1-10-7-11(2)9-12(8-10)16(19)13-5-6-14(20-3)15(18)17(13)21-4/h5-9H,1-4H3. The van der Waals surface area contributed by atoms with E-state index in [1.54, 1.807) is 19.2 Å². The monoisotopic (exact) mass is 348 g/mol. The van der Waals surface area contributed by atoms with E-state index < -0.39 is 0 Å². The number of aryl methyl sites for hydroxylation is 2. The van der Waals surface area contributed by atoms with Crippen LogP contribution in [0.2, 0.25) is 0 Å². The number of ketones is 1. The molecule has 0 saturated heterocycles. The van der Waals surface area contributed by atoms with E-state index in [1.165, 1.54) is 7.11 Å². The zero-order valence-corrected chi connectivity index (χ0v) is 14.1. The van der Waals surface area contributed by atoms with Gasteiger partial charge in [-0.3, -0.25) is 4.79 Å². The molecule has 0 aliphatic carbocycles. The summed E-state index contributed by atoms with van der Waals surface area (Å²) >= 11 is 3.42.